The lowest BCUT2D eigenvalue weighted by Crippen LogP contribution is -2.40. The first-order valence-electron chi connectivity index (χ1n) is 8.60. The normalized spacial score (nSPS) is 15.2. The van der Waals surface area contributed by atoms with Crippen LogP contribution in [0, 0.1) is 5.82 Å². The number of para-hydroxylation sites is 1. The molecule has 1 fully saturated rings. The van der Waals surface area contributed by atoms with E-state index in [1.165, 1.54) is 11.4 Å². The Morgan fingerprint density at radius 1 is 1.18 bits per heavy atom. The number of sulfonamides is 1. The van der Waals surface area contributed by atoms with Crippen molar-refractivity contribution in [2.75, 3.05) is 33.4 Å². The van der Waals surface area contributed by atoms with Crippen molar-refractivity contribution >= 4 is 16.0 Å². The molecule has 3 rings (SSSR count). The molecular weight excluding hydrogens is 389 g/mol. The number of esters is 1. The topological polar surface area (TPSA) is 82.1 Å². The van der Waals surface area contributed by atoms with Gasteiger partial charge in [-0.15, -0.1) is 0 Å². The standard InChI is InChI=1S/C19H20FNO6S/c1-25-18-5-3-2-4-14(18)13-27-19(22)16-12-15(6-7-17(16)20)28(23,24)21-8-10-26-11-9-21/h2-7,12H,8-11,13H2,1H3. The lowest BCUT2D eigenvalue weighted by atomic mass is 10.2. The molecule has 0 bridgehead atoms. The molecule has 2 aromatic carbocycles. The summed E-state index contributed by atoms with van der Waals surface area (Å²) in [4.78, 5) is 12.2. The zero-order chi connectivity index (χ0) is 20.1. The molecule has 0 aliphatic carbocycles. The van der Waals surface area contributed by atoms with Gasteiger partial charge < -0.3 is 14.2 Å². The Morgan fingerprint density at radius 2 is 1.89 bits per heavy atom. The summed E-state index contributed by atoms with van der Waals surface area (Å²) in [6, 6.07) is 10.0. The molecule has 0 saturated carbocycles. The number of halogens is 1. The molecule has 2 aromatic rings. The van der Waals surface area contributed by atoms with E-state index in [-0.39, 0.29) is 37.8 Å². The van der Waals surface area contributed by atoms with E-state index in [0.717, 1.165) is 18.2 Å². The predicted octanol–water partition coefficient (Wildman–Crippen LogP) is 2.21. The van der Waals surface area contributed by atoms with Gasteiger partial charge in [0.05, 0.1) is 30.8 Å². The van der Waals surface area contributed by atoms with Crippen molar-refractivity contribution in [2.24, 2.45) is 0 Å². The van der Waals surface area contributed by atoms with Gasteiger partial charge in [0, 0.05) is 18.7 Å². The van der Waals surface area contributed by atoms with E-state index >= 15 is 0 Å². The number of ether oxygens (including phenoxy) is 3. The monoisotopic (exact) mass is 409 g/mol. The minimum atomic E-state index is -3.85. The van der Waals surface area contributed by atoms with Crippen LogP contribution in [0.2, 0.25) is 0 Å². The van der Waals surface area contributed by atoms with Gasteiger partial charge in [-0.25, -0.2) is 17.6 Å². The fourth-order valence-corrected chi connectivity index (χ4v) is 4.24. The highest BCUT2D eigenvalue weighted by Crippen LogP contribution is 2.22. The van der Waals surface area contributed by atoms with Gasteiger partial charge in [-0.1, -0.05) is 18.2 Å². The number of nitrogens with zero attached hydrogens (tertiary/aromatic N) is 1. The van der Waals surface area contributed by atoms with E-state index in [2.05, 4.69) is 0 Å². The number of rotatable bonds is 6. The Balaban J connectivity index is 1.80. The SMILES string of the molecule is COc1ccccc1COC(=O)c1cc(S(=O)(=O)N2CCOCC2)ccc1F. The summed E-state index contributed by atoms with van der Waals surface area (Å²) in [5, 5.41) is 0. The molecule has 150 valence electrons. The molecule has 0 atom stereocenters. The summed E-state index contributed by atoms with van der Waals surface area (Å²) in [5.74, 6) is -1.28. The number of carbonyl (C=O) groups excluding carboxylic acids is 1. The zero-order valence-electron chi connectivity index (χ0n) is 15.3. The molecule has 0 aromatic heterocycles. The molecular formula is C19H20FNO6S. The van der Waals surface area contributed by atoms with Crippen LogP contribution >= 0.6 is 0 Å². The van der Waals surface area contributed by atoms with Crippen LogP contribution in [0.5, 0.6) is 5.75 Å². The summed E-state index contributed by atoms with van der Waals surface area (Å²) in [5.41, 5.74) is 0.167. The Kier molecular flexibility index (Phi) is 6.28. The first-order valence-corrected chi connectivity index (χ1v) is 10.0. The van der Waals surface area contributed by atoms with Crippen LogP contribution in [0.4, 0.5) is 4.39 Å². The Morgan fingerprint density at radius 3 is 2.61 bits per heavy atom. The summed E-state index contributed by atoms with van der Waals surface area (Å²) < 4.78 is 56.3. The second-order valence-electron chi connectivity index (χ2n) is 6.05. The molecule has 1 aliphatic heterocycles. The van der Waals surface area contributed by atoms with E-state index in [1.807, 2.05) is 0 Å². The Bertz CT molecular complexity index is 957. The second kappa shape index (κ2) is 8.68. The predicted molar refractivity (Wildman–Crippen MR) is 98.1 cm³/mol. The molecule has 9 heteroatoms. The highest BCUT2D eigenvalue weighted by Gasteiger charge is 2.28. The van der Waals surface area contributed by atoms with Crippen molar-refractivity contribution < 1.29 is 31.8 Å². The first-order chi connectivity index (χ1) is 13.4. The Labute approximate surface area is 162 Å². The van der Waals surface area contributed by atoms with Gasteiger partial charge in [0.1, 0.15) is 18.2 Å². The van der Waals surface area contributed by atoms with Gasteiger partial charge >= 0.3 is 5.97 Å². The quantitative estimate of drug-likeness (QED) is 0.681. The molecule has 0 spiro atoms. The van der Waals surface area contributed by atoms with Crippen LogP contribution in [-0.4, -0.2) is 52.1 Å². The molecule has 0 amide bonds. The van der Waals surface area contributed by atoms with Crippen molar-refractivity contribution in [1.82, 2.24) is 4.31 Å². The number of morpholine rings is 1. The van der Waals surface area contributed by atoms with E-state index < -0.39 is 27.4 Å². The number of hydrogen-bond donors (Lipinski definition) is 0. The van der Waals surface area contributed by atoms with Crippen molar-refractivity contribution in [1.29, 1.82) is 0 Å². The molecule has 1 saturated heterocycles. The summed E-state index contributed by atoms with van der Waals surface area (Å²) in [6.45, 7) is 0.839. The highest BCUT2D eigenvalue weighted by molar-refractivity contribution is 7.89. The van der Waals surface area contributed by atoms with Crippen molar-refractivity contribution in [3.63, 3.8) is 0 Å². The van der Waals surface area contributed by atoms with Crippen LogP contribution in [0.25, 0.3) is 0 Å². The first kappa shape index (κ1) is 20.2. The smallest absolute Gasteiger partial charge is 0.341 e. The maximum Gasteiger partial charge on any atom is 0.341 e. The molecule has 0 unspecified atom stereocenters. The minimum Gasteiger partial charge on any atom is -0.496 e. The Hall–Kier alpha value is -2.49. The van der Waals surface area contributed by atoms with Gasteiger partial charge in [0.15, 0.2) is 0 Å². The molecule has 7 nitrogen and oxygen atoms in total. The number of hydrogen-bond acceptors (Lipinski definition) is 6. The largest absolute Gasteiger partial charge is 0.496 e. The third kappa shape index (κ3) is 4.32. The van der Waals surface area contributed by atoms with E-state index in [4.69, 9.17) is 14.2 Å². The zero-order valence-corrected chi connectivity index (χ0v) is 16.1. The van der Waals surface area contributed by atoms with Crippen LogP contribution in [0.15, 0.2) is 47.4 Å². The van der Waals surface area contributed by atoms with Crippen molar-refractivity contribution in [2.45, 2.75) is 11.5 Å². The van der Waals surface area contributed by atoms with Crippen LogP contribution in [0.3, 0.4) is 0 Å². The fourth-order valence-electron chi connectivity index (χ4n) is 2.80. The van der Waals surface area contributed by atoms with Crippen LogP contribution in [0.1, 0.15) is 15.9 Å². The fraction of sp³-hybridized carbons (Fsp3) is 0.316. The van der Waals surface area contributed by atoms with Crippen LogP contribution < -0.4 is 4.74 Å². The molecule has 0 N–H and O–H groups in total. The lowest BCUT2D eigenvalue weighted by molar-refractivity contribution is 0.0464. The van der Waals surface area contributed by atoms with E-state index in [0.29, 0.717) is 11.3 Å². The average Bonchev–Trinajstić information content (AvgIpc) is 2.73. The third-order valence-corrected chi connectivity index (χ3v) is 6.21. The molecule has 1 heterocycles. The van der Waals surface area contributed by atoms with E-state index in [1.54, 1.807) is 24.3 Å². The number of carbonyl (C=O) groups is 1. The lowest BCUT2D eigenvalue weighted by Gasteiger charge is -2.26. The van der Waals surface area contributed by atoms with Gasteiger partial charge in [-0.05, 0) is 24.3 Å². The summed E-state index contributed by atoms with van der Waals surface area (Å²) >= 11 is 0. The third-order valence-electron chi connectivity index (χ3n) is 4.32. The summed E-state index contributed by atoms with van der Waals surface area (Å²) in [6.07, 6.45) is 0. The molecule has 28 heavy (non-hydrogen) atoms. The van der Waals surface area contributed by atoms with E-state index in [9.17, 15) is 17.6 Å². The maximum atomic E-state index is 14.2. The summed E-state index contributed by atoms with van der Waals surface area (Å²) in [7, 11) is -2.37. The number of benzene rings is 2. The van der Waals surface area contributed by atoms with Gasteiger partial charge in [-0.2, -0.15) is 4.31 Å². The molecule has 1 aliphatic rings. The van der Waals surface area contributed by atoms with Crippen molar-refractivity contribution in [3.8, 4) is 5.75 Å². The van der Waals surface area contributed by atoms with Gasteiger partial charge in [0.25, 0.3) is 0 Å². The van der Waals surface area contributed by atoms with Crippen molar-refractivity contribution in [3.05, 3.63) is 59.4 Å². The molecule has 0 radical (unpaired) electrons. The highest BCUT2D eigenvalue weighted by atomic mass is 32.2. The minimum absolute atomic E-state index is 0.136. The van der Waals surface area contributed by atoms with Gasteiger partial charge in [-0.3, -0.25) is 0 Å². The van der Waals surface area contributed by atoms with Crippen LogP contribution in [-0.2, 0) is 26.1 Å². The second-order valence-corrected chi connectivity index (χ2v) is 7.98. The van der Waals surface area contributed by atoms with Gasteiger partial charge in [0.2, 0.25) is 10.0 Å². The maximum absolute atomic E-state index is 14.2. The average molecular weight is 409 g/mol. The number of methoxy groups -OCH3 is 1.